The van der Waals surface area contributed by atoms with Crippen molar-refractivity contribution >= 4 is 40.5 Å². The minimum atomic E-state index is -1.09. The van der Waals surface area contributed by atoms with Gasteiger partial charge in [0.25, 0.3) is 0 Å². The monoisotopic (exact) mass is 992 g/mol. The highest BCUT2D eigenvalue weighted by molar-refractivity contribution is 6.08. The number of nitrogens with two attached hydrogens (primary N) is 1. The van der Waals surface area contributed by atoms with E-state index in [4.69, 9.17) is 15.2 Å². The van der Waals surface area contributed by atoms with Crippen LogP contribution in [0.1, 0.15) is 122 Å². The second kappa shape index (κ2) is 18.9. The van der Waals surface area contributed by atoms with E-state index in [-0.39, 0.29) is 75.9 Å². The Morgan fingerprint density at radius 2 is 1.73 bits per heavy atom. The Bertz CT molecular complexity index is 2990. The number of halogens is 2. The SMILES string of the molecule is COc1ccc(C(N)=O)c(-c2c(C)c(F)cc3c2C(C)C(CNC2CCC(C(=O)N4CC5(CCC(N6CCC(c7c#cc8c(N9CCC(=O)NC9=O)nn(C)c8c7)CC6)CC5)C4)CC2)(c2c#cccc2)O3)c1F. The number of likely N-dealkylation sites (tertiary alicyclic amines) is 2. The molecule has 0 radical (unpaired) electrons. The first kappa shape index (κ1) is 48.5. The molecule has 4 aliphatic heterocycles. The second-order valence-electron chi connectivity index (χ2n) is 21.5. The number of aromatic nitrogens is 2. The zero-order chi connectivity index (χ0) is 50.9. The highest BCUT2D eigenvalue weighted by Crippen LogP contribution is 2.56. The number of carbonyl (C=O) groups excluding carboxylic acids is 4. The Morgan fingerprint density at radius 1 is 0.973 bits per heavy atom. The number of nitrogens with zero attached hydrogens (tertiary/aromatic N) is 5. The quantitative estimate of drug-likeness (QED) is 0.120. The molecule has 73 heavy (non-hydrogen) atoms. The van der Waals surface area contributed by atoms with Crippen molar-refractivity contribution in [1.82, 2.24) is 30.2 Å². The van der Waals surface area contributed by atoms with Gasteiger partial charge in [-0.25, -0.2) is 13.6 Å². The average molecular weight is 993 g/mol. The standard InChI is InChI=1S/C57H62F2N8O6/c1-33-43(58)29-46-49(48(33)50-42(52(60)69)16-17-45(72-4)51(50)59)34(2)57(73-46,38-8-6-5-7-9-38)30-61-39-13-10-36(11-14-39)54(70)66-31-56(32-66)23-18-40(19-24-56)65-25-20-35(21-26-65)37-12-15-41-44(28-37)64(3)63-53(41)67-27-22-47(68)62-55(67)71/h5-6,8,16-17,28-29,34-36,39-40,61H,10-11,13-14,18-27,30-32H2,1-4H3,(H2,60,69)(H,62,68,71). The molecule has 1 spiro atoms. The number of anilines is 1. The van der Waals surface area contributed by atoms with Crippen LogP contribution in [0.25, 0.3) is 22.0 Å². The van der Waals surface area contributed by atoms with E-state index in [9.17, 15) is 19.2 Å². The van der Waals surface area contributed by atoms with Gasteiger partial charge in [0.1, 0.15) is 11.6 Å². The van der Waals surface area contributed by atoms with Gasteiger partial charge in [-0.3, -0.25) is 29.3 Å². The fourth-order valence-corrected chi connectivity index (χ4v) is 13.2. The van der Waals surface area contributed by atoms with Gasteiger partial charge in [0.15, 0.2) is 23.0 Å². The van der Waals surface area contributed by atoms with Gasteiger partial charge in [-0.05, 0) is 132 Å². The minimum Gasteiger partial charge on any atom is -0.494 e. The number of imide groups is 1. The highest BCUT2D eigenvalue weighted by atomic mass is 19.1. The van der Waals surface area contributed by atoms with Crippen LogP contribution in [0.4, 0.5) is 19.4 Å². The normalized spacial score (nSPS) is 24.4. The number of benzene rings is 2. The molecule has 5 heterocycles. The predicted molar refractivity (Wildman–Crippen MR) is 269 cm³/mol. The molecular weight excluding hydrogens is 931 g/mol. The van der Waals surface area contributed by atoms with Crippen molar-refractivity contribution in [3.8, 4) is 22.6 Å². The fraction of sp³-hybridized carbons (Fsp3) is 0.491. The van der Waals surface area contributed by atoms with Gasteiger partial charge < -0.3 is 30.3 Å². The lowest BCUT2D eigenvalue weighted by atomic mass is 9.66. The van der Waals surface area contributed by atoms with Crippen molar-refractivity contribution in [1.29, 1.82) is 0 Å². The van der Waals surface area contributed by atoms with Crippen molar-refractivity contribution < 1.29 is 37.4 Å². The summed E-state index contributed by atoms with van der Waals surface area (Å²) in [6, 6.07) is 24.9. The van der Waals surface area contributed by atoms with Gasteiger partial charge in [0.2, 0.25) is 17.7 Å². The Morgan fingerprint density at radius 3 is 2.41 bits per heavy atom. The van der Waals surface area contributed by atoms with E-state index in [0.717, 1.165) is 107 Å². The molecule has 16 heteroatoms. The lowest BCUT2D eigenvalue weighted by Gasteiger charge is -2.55. The summed E-state index contributed by atoms with van der Waals surface area (Å²) in [5.74, 6) is -1.74. The third-order valence-corrected chi connectivity index (χ3v) is 17.5. The predicted octanol–water partition coefficient (Wildman–Crippen LogP) is 7.77. The largest absolute Gasteiger partial charge is 0.494 e. The maximum Gasteiger partial charge on any atom is 0.329 e. The molecule has 5 aromatic rings. The lowest BCUT2D eigenvalue weighted by Crippen LogP contribution is -2.62. The van der Waals surface area contributed by atoms with Crippen LogP contribution in [0.3, 0.4) is 0 Å². The third-order valence-electron chi connectivity index (χ3n) is 17.5. The molecule has 14 nitrogen and oxygen atoms in total. The molecular formula is C57H62F2N8O6. The Kier molecular flexibility index (Phi) is 12.6. The summed E-state index contributed by atoms with van der Waals surface area (Å²) < 4.78 is 46.1. The van der Waals surface area contributed by atoms with Crippen LogP contribution in [0, 0.1) is 54.2 Å². The molecule has 6 aliphatic rings. The number of hydrogen-bond donors (Lipinski definition) is 3. The number of urea groups is 1. The number of primary amides is 1. The van der Waals surface area contributed by atoms with E-state index in [0.29, 0.717) is 35.4 Å². The van der Waals surface area contributed by atoms with Gasteiger partial charge in [0, 0.05) is 97.3 Å². The number of ether oxygens (including phenoxy) is 2. The summed E-state index contributed by atoms with van der Waals surface area (Å²) in [6.07, 6.45) is 10.1. The molecule has 0 bridgehead atoms. The maximum atomic E-state index is 16.3. The number of rotatable bonds is 11. The summed E-state index contributed by atoms with van der Waals surface area (Å²) in [5.41, 5.74) is 8.35. The van der Waals surface area contributed by atoms with Gasteiger partial charge in [-0.1, -0.05) is 37.3 Å². The summed E-state index contributed by atoms with van der Waals surface area (Å²) in [7, 11) is 3.20. The molecule has 4 aromatic carbocycles. The average Bonchev–Trinajstić information content (AvgIpc) is 3.87. The van der Waals surface area contributed by atoms with E-state index >= 15 is 8.78 Å². The summed E-state index contributed by atoms with van der Waals surface area (Å²) in [6.45, 7) is 7.89. The third kappa shape index (κ3) is 8.50. The molecule has 380 valence electrons. The maximum absolute atomic E-state index is 16.3. The van der Waals surface area contributed by atoms with E-state index < -0.39 is 35.1 Å². The summed E-state index contributed by atoms with van der Waals surface area (Å²) in [5, 5.41) is 11.5. The summed E-state index contributed by atoms with van der Waals surface area (Å²) >= 11 is 0. The number of aryl methyl sites for hydroxylation is 1. The van der Waals surface area contributed by atoms with E-state index in [2.05, 4.69) is 55.9 Å². The van der Waals surface area contributed by atoms with Crippen LogP contribution in [0.2, 0.25) is 0 Å². The van der Waals surface area contributed by atoms with Gasteiger partial charge >= 0.3 is 6.03 Å². The minimum absolute atomic E-state index is 0.0192. The number of hydrogen-bond acceptors (Lipinski definition) is 9. The Balaban J connectivity index is 0.676. The zero-order valence-electron chi connectivity index (χ0n) is 42.0. The zero-order valence-corrected chi connectivity index (χ0v) is 42.0. The topological polar surface area (TPSA) is 164 Å². The number of carbonyl (C=O) groups is 4. The molecule has 5 amide bonds. The second-order valence-corrected chi connectivity index (χ2v) is 21.5. The first-order valence-electron chi connectivity index (χ1n) is 25.9. The molecule has 11 rings (SSSR count). The molecule has 2 saturated carbocycles. The smallest absolute Gasteiger partial charge is 0.329 e. The van der Waals surface area contributed by atoms with Gasteiger partial charge in [-0.2, -0.15) is 5.10 Å². The Labute approximate surface area is 424 Å². The summed E-state index contributed by atoms with van der Waals surface area (Å²) in [4.78, 5) is 57.3. The molecule has 3 saturated heterocycles. The van der Waals surface area contributed by atoms with Crippen molar-refractivity contribution in [2.75, 3.05) is 51.3 Å². The molecule has 2 aliphatic carbocycles. The van der Waals surface area contributed by atoms with Crippen molar-refractivity contribution in [2.45, 2.75) is 114 Å². The van der Waals surface area contributed by atoms with Crippen LogP contribution in [0.15, 0.2) is 42.5 Å². The molecule has 2 atom stereocenters. The van der Waals surface area contributed by atoms with Crippen molar-refractivity contribution in [3.05, 3.63) is 106 Å². The number of amides is 5. The number of methoxy groups -OCH3 is 1. The number of fused-ring (bicyclic) bond motifs is 2. The molecule has 2 unspecified atom stereocenters. The van der Waals surface area contributed by atoms with Gasteiger partial charge in [0.05, 0.1) is 23.6 Å². The molecule has 5 fully saturated rings. The van der Waals surface area contributed by atoms with Gasteiger partial charge in [-0.15, -0.1) is 0 Å². The van der Waals surface area contributed by atoms with Crippen LogP contribution in [0.5, 0.6) is 11.5 Å². The molecule has 1 aromatic heterocycles. The van der Waals surface area contributed by atoms with Crippen LogP contribution < -0.4 is 30.7 Å². The van der Waals surface area contributed by atoms with E-state index in [1.807, 2.05) is 26.1 Å². The van der Waals surface area contributed by atoms with E-state index in [1.54, 1.807) is 17.7 Å². The fourth-order valence-electron chi connectivity index (χ4n) is 13.2. The van der Waals surface area contributed by atoms with Crippen LogP contribution in [-0.2, 0) is 22.2 Å². The van der Waals surface area contributed by atoms with Crippen molar-refractivity contribution in [2.24, 2.45) is 24.1 Å². The van der Waals surface area contributed by atoms with E-state index in [1.165, 1.54) is 30.2 Å². The number of piperidine rings is 1. The van der Waals surface area contributed by atoms with Crippen LogP contribution >= 0.6 is 0 Å². The number of nitrogens with one attached hydrogen (secondary N) is 2. The highest BCUT2D eigenvalue weighted by Gasteiger charge is 2.52. The Hall–Kier alpha value is -6.75. The first-order chi connectivity index (χ1) is 35.2. The lowest BCUT2D eigenvalue weighted by molar-refractivity contribution is -0.152. The van der Waals surface area contributed by atoms with Crippen molar-refractivity contribution in [3.63, 3.8) is 0 Å². The van der Waals surface area contributed by atoms with Crippen LogP contribution in [-0.4, -0.2) is 102 Å². The molecule has 4 N–H and O–H groups in total. The first-order valence-corrected chi connectivity index (χ1v) is 25.9.